The molecule has 3 rings (SSSR count). The van der Waals surface area contributed by atoms with Crippen LogP contribution in [0.4, 0.5) is 5.69 Å². The van der Waals surface area contributed by atoms with Gasteiger partial charge in [-0.3, -0.25) is 4.79 Å². The average Bonchev–Trinajstić information content (AvgIpc) is 2.85. The van der Waals surface area contributed by atoms with E-state index in [2.05, 4.69) is 22.9 Å². The molecule has 132 valence electrons. The monoisotopic (exact) mass is 403 g/mol. The number of benzene rings is 2. The highest BCUT2D eigenvalue weighted by molar-refractivity contribution is 9.10. The predicted octanol–water partition coefficient (Wildman–Crippen LogP) is 4.23. The van der Waals surface area contributed by atoms with Gasteiger partial charge < -0.3 is 14.7 Å². The lowest BCUT2D eigenvalue weighted by Crippen LogP contribution is -2.41. The van der Waals surface area contributed by atoms with E-state index in [-0.39, 0.29) is 5.91 Å². The molecule has 0 spiro atoms. The Morgan fingerprint density at radius 3 is 2.64 bits per heavy atom. The molecular weight excluding hydrogens is 382 g/mol. The van der Waals surface area contributed by atoms with E-state index >= 15 is 0 Å². The minimum absolute atomic E-state index is 0.290. The number of para-hydroxylation sites is 1. The molecule has 1 heterocycles. The first-order valence-electron chi connectivity index (χ1n) is 8.52. The lowest BCUT2D eigenvalue weighted by molar-refractivity contribution is -0.132. The molecule has 25 heavy (non-hydrogen) atoms. The molecule has 0 fully saturated rings. The summed E-state index contributed by atoms with van der Waals surface area (Å²) >= 11 is 3.44. The van der Waals surface area contributed by atoms with Crippen molar-refractivity contribution < 1.29 is 14.6 Å². The zero-order valence-corrected chi connectivity index (χ0v) is 16.0. The Labute approximate surface area is 156 Å². The fraction of sp³-hybridized carbons (Fsp3) is 0.350. The lowest BCUT2D eigenvalue weighted by atomic mass is 9.87. The third-order valence-corrected chi connectivity index (χ3v) is 5.31. The van der Waals surface area contributed by atoms with Crippen LogP contribution in [-0.2, 0) is 10.4 Å². The molecule has 0 saturated heterocycles. The smallest absolute Gasteiger partial charge is 0.268 e. The molecule has 0 radical (unpaired) electrons. The number of anilines is 1. The number of hydrogen-bond acceptors (Lipinski definition) is 3. The summed E-state index contributed by atoms with van der Waals surface area (Å²) < 4.78 is 5.96. The number of ether oxygens (including phenoxy) is 1. The Kier molecular flexibility index (Phi) is 5.16. The Balaban J connectivity index is 2.06. The minimum Gasteiger partial charge on any atom is -0.496 e. The highest BCUT2D eigenvalue weighted by Gasteiger charge is 2.50. The molecule has 1 unspecified atom stereocenters. The third-order valence-electron chi connectivity index (χ3n) is 4.69. The summed E-state index contributed by atoms with van der Waals surface area (Å²) in [5.41, 5.74) is 0.291. The molecule has 1 aliphatic heterocycles. The number of fused-ring (bicyclic) bond motifs is 1. The SMILES string of the molecule is CCCCCN1C(=O)C(O)(c2ccc(OC)c(Br)c2)c2ccccc21. The lowest BCUT2D eigenvalue weighted by Gasteiger charge is -2.24. The van der Waals surface area contributed by atoms with Crippen LogP contribution in [0.2, 0.25) is 0 Å². The van der Waals surface area contributed by atoms with Crippen LogP contribution in [0.3, 0.4) is 0 Å². The number of nitrogens with zero attached hydrogens (tertiary/aromatic N) is 1. The average molecular weight is 404 g/mol. The number of carbonyl (C=O) groups is 1. The number of hydrogen-bond donors (Lipinski definition) is 1. The summed E-state index contributed by atoms with van der Waals surface area (Å²) in [6.45, 7) is 2.74. The maximum atomic E-state index is 13.2. The van der Waals surface area contributed by atoms with E-state index in [0.717, 1.165) is 24.9 Å². The Hall–Kier alpha value is -1.85. The van der Waals surface area contributed by atoms with Crippen molar-refractivity contribution in [2.45, 2.75) is 31.8 Å². The number of amides is 1. The quantitative estimate of drug-likeness (QED) is 0.734. The molecule has 2 aromatic rings. The van der Waals surface area contributed by atoms with Crippen LogP contribution in [-0.4, -0.2) is 24.7 Å². The fourth-order valence-electron chi connectivity index (χ4n) is 3.35. The van der Waals surface area contributed by atoms with E-state index in [1.54, 1.807) is 30.2 Å². The summed E-state index contributed by atoms with van der Waals surface area (Å²) in [6.07, 6.45) is 3.05. The Bertz CT molecular complexity index is 792. The number of carbonyl (C=O) groups excluding carboxylic acids is 1. The molecular formula is C20H22BrNO3. The molecule has 1 aliphatic rings. The van der Waals surface area contributed by atoms with E-state index in [4.69, 9.17) is 4.74 Å². The first kappa shape index (κ1) is 18.0. The molecule has 5 heteroatoms. The van der Waals surface area contributed by atoms with Gasteiger partial charge in [-0.25, -0.2) is 0 Å². The molecule has 0 saturated carbocycles. The second-order valence-corrected chi connectivity index (χ2v) is 7.10. The highest BCUT2D eigenvalue weighted by atomic mass is 79.9. The summed E-state index contributed by atoms with van der Waals surface area (Å²) in [7, 11) is 1.58. The van der Waals surface area contributed by atoms with Crippen molar-refractivity contribution in [2.75, 3.05) is 18.6 Å². The Morgan fingerprint density at radius 2 is 1.96 bits per heavy atom. The van der Waals surface area contributed by atoms with Crippen molar-refractivity contribution in [3.63, 3.8) is 0 Å². The van der Waals surface area contributed by atoms with E-state index < -0.39 is 5.60 Å². The number of methoxy groups -OCH3 is 1. The van der Waals surface area contributed by atoms with Crippen LogP contribution in [0.1, 0.15) is 37.3 Å². The van der Waals surface area contributed by atoms with Gasteiger partial charge in [0.2, 0.25) is 0 Å². The van der Waals surface area contributed by atoms with Crippen molar-refractivity contribution >= 4 is 27.5 Å². The second kappa shape index (κ2) is 7.18. The van der Waals surface area contributed by atoms with Crippen molar-refractivity contribution in [3.05, 3.63) is 58.1 Å². The predicted molar refractivity (Wildman–Crippen MR) is 102 cm³/mol. The summed E-state index contributed by atoms with van der Waals surface area (Å²) in [6, 6.07) is 12.7. The van der Waals surface area contributed by atoms with E-state index in [1.807, 2.05) is 24.3 Å². The first-order chi connectivity index (χ1) is 12.0. The summed E-state index contributed by atoms with van der Waals surface area (Å²) in [5.74, 6) is 0.368. The van der Waals surface area contributed by atoms with Gasteiger partial charge in [0.1, 0.15) is 5.75 Å². The molecule has 2 aromatic carbocycles. The molecule has 0 bridgehead atoms. The van der Waals surface area contributed by atoms with E-state index in [9.17, 15) is 9.90 Å². The zero-order valence-electron chi connectivity index (χ0n) is 14.5. The normalized spacial score (nSPS) is 19.2. The summed E-state index contributed by atoms with van der Waals surface area (Å²) in [4.78, 5) is 14.9. The fourth-order valence-corrected chi connectivity index (χ4v) is 3.89. The number of rotatable bonds is 6. The van der Waals surface area contributed by atoms with Gasteiger partial charge in [0, 0.05) is 12.1 Å². The number of aliphatic hydroxyl groups is 1. The van der Waals surface area contributed by atoms with Crippen molar-refractivity contribution in [2.24, 2.45) is 0 Å². The highest BCUT2D eigenvalue weighted by Crippen LogP contribution is 2.45. The van der Waals surface area contributed by atoms with Gasteiger partial charge in [-0.1, -0.05) is 44.0 Å². The van der Waals surface area contributed by atoms with Crippen LogP contribution >= 0.6 is 15.9 Å². The maximum Gasteiger partial charge on any atom is 0.268 e. The van der Waals surface area contributed by atoms with Crippen molar-refractivity contribution in [3.8, 4) is 5.75 Å². The number of unbranched alkanes of at least 4 members (excludes halogenated alkanes) is 2. The van der Waals surface area contributed by atoms with Gasteiger partial charge in [-0.2, -0.15) is 0 Å². The molecule has 1 N–H and O–H groups in total. The second-order valence-electron chi connectivity index (χ2n) is 6.24. The van der Waals surface area contributed by atoms with Crippen molar-refractivity contribution in [1.82, 2.24) is 0 Å². The maximum absolute atomic E-state index is 13.2. The van der Waals surface area contributed by atoms with E-state index in [1.165, 1.54) is 0 Å². The topological polar surface area (TPSA) is 49.8 Å². The largest absolute Gasteiger partial charge is 0.496 e. The number of halogens is 1. The molecule has 0 aliphatic carbocycles. The van der Waals surface area contributed by atoms with Crippen LogP contribution in [0.25, 0.3) is 0 Å². The van der Waals surface area contributed by atoms with Gasteiger partial charge in [-0.15, -0.1) is 0 Å². The van der Waals surface area contributed by atoms with Gasteiger partial charge >= 0.3 is 0 Å². The molecule has 1 atom stereocenters. The Morgan fingerprint density at radius 1 is 1.20 bits per heavy atom. The van der Waals surface area contributed by atoms with Crippen LogP contribution in [0, 0.1) is 0 Å². The zero-order chi connectivity index (χ0) is 18.0. The van der Waals surface area contributed by atoms with Crippen LogP contribution in [0.15, 0.2) is 46.9 Å². The van der Waals surface area contributed by atoms with Gasteiger partial charge in [0.15, 0.2) is 5.60 Å². The third kappa shape index (κ3) is 2.96. The van der Waals surface area contributed by atoms with Gasteiger partial charge in [0.05, 0.1) is 17.3 Å². The van der Waals surface area contributed by atoms with Crippen molar-refractivity contribution in [1.29, 1.82) is 0 Å². The van der Waals surface area contributed by atoms with Gasteiger partial charge in [0.25, 0.3) is 5.91 Å². The van der Waals surface area contributed by atoms with E-state index in [0.29, 0.717) is 27.9 Å². The van der Waals surface area contributed by atoms with Crippen LogP contribution < -0.4 is 9.64 Å². The standard InChI is InChI=1S/C20H22BrNO3/c1-3-4-7-12-22-17-9-6-5-8-15(17)20(24,19(22)23)14-10-11-18(25-2)16(21)13-14/h5-6,8-11,13,24H,3-4,7,12H2,1-2H3. The first-order valence-corrected chi connectivity index (χ1v) is 9.31. The van der Waals surface area contributed by atoms with Gasteiger partial charge in [-0.05, 0) is 46.1 Å². The minimum atomic E-state index is -1.67. The molecule has 0 aromatic heterocycles. The molecule has 1 amide bonds. The van der Waals surface area contributed by atoms with Crippen LogP contribution in [0.5, 0.6) is 5.75 Å². The summed E-state index contributed by atoms with van der Waals surface area (Å²) in [5, 5.41) is 11.4. The molecule has 4 nitrogen and oxygen atoms in total.